The van der Waals surface area contributed by atoms with Crippen molar-refractivity contribution >= 4 is 11.7 Å². The number of hydrogen-bond donors (Lipinski definition) is 1. The van der Waals surface area contributed by atoms with Crippen LogP contribution in [0.5, 0.6) is 0 Å². The van der Waals surface area contributed by atoms with Gasteiger partial charge in [0.15, 0.2) is 0 Å². The molecule has 3 aromatic heterocycles. The van der Waals surface area contributed by atoms with Crippen molar-refractivity contribution in [2.75, 3.05) is 18.0 Å². The number of aromatic nitrogens is 4. The quantitative estimate of drug-likeness (QED) is 0.488. The highest BCUT2D eigenvalue weighted by Gasteiger charge is 2.27. The lowest BCUT2D eigenvalue weighted by molar-refractivity contribution is -0.125. The van der Waals surface area contributed by atoms with Crippen molar-refractivity contribution in [1.29, 1.82) is 0 Å². The molecule has 1 aliphatic rings. The minimum absolute atomic E-state index is 0.0230. The molecule has 4 heterocycles. The maximum Gasteiger partial charge on any atom is 0.261 e. The van der Waals surface area contributed by atoms with Crippen LogP contribution in [0.25, 0.3) is 22.8 Å². The van der Waals surface area contributed by atoms with Gasteiger partial charge >= 0.3 is 0 Å². The maximum absolute atomic E-state index is 12.6. The summed E-state index contributed by atoms with van der Waals surface area (Å²) >= 11 is 0. The Kier molecular flexibility index (Phi) is 6.06. The fourth-order valence-electron chi connectivity index (χ4n) is 4.03. The number of benzene rings is 1. The van der Waals surface area contributed by atoms with Crippen LogP contribution in [0, 0.1) is 5.92 Å². The van der Waals surface area contributed by atoms with E-state index in [1.54, 1.807) is 12.4 Å². The summed E-state index contributed by atoms with van der Waals surface area (Å²) in [5.74, 6) is 1.83. The van der Waals surface area contributed by atoms with Crippen LogP contribution in [-0.2, 0) is 11.3 Å². The van der Waals surface area contributed by atoms with Crippen LogP contribution in [0.15, 0.2) is 77.6 Å². The zero-order chi connectivity index (χ0) is 22.5. The van der Waals surface area contributed by atoms with Crippen molar-refractivity contribution < 1.29 is 9.32 Å². The third-order valence-corrected chi connectivity index (χ3v) is 5.81. The van der Waals surface area contributed by atoms with Gasteiger partial charge in [-0.25, -0.2) is 4.98 Å². The number of hydrogen-bond acceptors (Lipinski definition) is 7. The Labute approximate surface area is 191 Å². The van der Waals surface area contributed by atoms with Gasteiger partial charge in [-0.2, -0.15) is 4.98 Å². The van der Waals surface area contributed by atoms with E-state index in [9.17, 15) is 4.79 Å². The molecule has 1 saturated heterocycles. The summed E-state index contributed by atoms with van der Waals surface area (Å²) in [6.07, 6.45) is 5.00. The van der Waals surface area contributed by atoms with Gasteiger partial charge < -0.3 is 14.7 Å². The first kappa shape index (κ1) is 20.8. The van der Waals surface area contributed by atoms with Crippen molar-refractivity contribution in [3.05, 3.63) is 78.8 Å². The number of amides is 1. The van der Waals surface area contributed by atoms with Gasteiger partial charge in [-0.15, -0.1) is 0 Å². The lowest BCUT2D eigenvalue weighted by atomic mass is 9.95. The lowest BCUT2D eigenvalue weighted by Gasteiger charge is -2.32. The number of carbonyl (C=O) groups excluding carboxylic acids is 1. The molecule has 0 spiro atoms. The van der Waals surface area contributed by atoms with E-state index in [0.717, 1.165) is 48.6 Å². The molecular weight excluding hydrogens is 416 g/mol. The third kappa shape index (κ3) is 4.74. The Morgan fingerprint density at radius 2 is 1.76 bits per heavy atom. The van der Waals surface area contributed by atoms with E-state index < -0.39 is 0 Å². The smallest absolute Gasteiger partial charge is 0.261 e. The maximum atomic E-state index is 12.6. The van der Waals surface area contributed by atoms with Gasteiger partial charge in [0.1, 0.15) is 5.82 Å². The molecule has 1 amide bonds. The van der Waals surface area contributed by atoms with Gasteiger partial charge in [-0.1, -0.05) is 41.6 Å². The van der Waals surface area contributed by atoms with E-state index in [1.807, 2.05) is 60.7 Å². The number of rotatable bonds is 6. The van der Waals surface area contributed by atoms with E-state index in [1.165, 1.54) is 0 Å². The van der Waals surface area contributed by atoms with Gasteiger partial charge in [-0.3, -0.25) is 9.78 Å². The van der Waals surface area contributed by atoms with Gasteiger partial charge in [0, 0.05) is 37.0 Å². The number of pyridine rings is 2. The predicted octanol–water partition coefficient (Wildman–Crippen LogP) is 3.73. The molecular formula is C25H24N6O2. The number of carbonyl (C=O) groups is 1. The molecule has 0 aliphatic carbocycles. The topological polar surface area (TPSA) is 97.0 Å². The molecule has 166 valence electrons. The molecule has 4 aromatic rings. The summed E-state index contributed by atoms with van der Waals surface area (Å²) in [5.41, 5.74) is 2.55. The van der Waals surface area contributed by atoms with Crippen molar-refractivity contribution in [2.24, 2.45) is 5.92 Å². The van der Waals surface area contributed by atoms with Crippen LogP contribution < -0.4 is 10.2 Å². The Hall–Kier alpha value is -4.07. The molecule has 0 bridgehead atoms. The van der Waals surface area contributed by atoms with Crippen molar-refractivity contribution in [3.8, 4) is 22.8 Å². The van der Waals surface area contributed by atoms with Crippen LogP contribution in [0.2, 0.25) is 0 Å². The SMILES string of the molecule is O=C(NCc1ccccn1)C1CCN(c2ncccc2-c2nc(-c3ccccc3)no2)CC1. The van der Waals surface area contributed by atoms with E-state index in [4.69, 9.17) is 4.52 Å². The summed E-state index contributed by atoms with van der Waals surface area (Å²) in [6.45, 7) is 1.90. The molecule has 1 N–H and O–H groups in total. The average Bonchev–Trinajstić information content (AvgIpc) is 3.39. The molecule has 0 saturated carbocycles. The van der Waals surface area contributed by atoms with Gasteiger partial charge in [0.2, 0.25) is 11.7 Å². The minimum Gasteiger partial charge on any atom is -0.356 e. The summed E-state index contributed by atoms with van der Waals surface area (Å²) in [5, 5.41) is 7.15. The predicted molar refractivity (Wildman–Crippen MR) is 124 cm³/mol. The third-order valence-electron chi connectivity index (χ3n) is 5.81. The summed E-state index contributed by atoms with van der Waals surface area (Å²) in [6, 6.07) is 19.2. The Balaban J connectivity index is 1.25. The molecule has 0 unspecified atom stereocenters. The highest BCUT2D eigenvalue weighted by Crippen LogP contribution is 2.31. The van der Waals surface area contributed by atoms with Crippen LogP contribution >= 0.6 is 0 Å². The molecule has 1 aromatic carbocycles. The zero-order valence-corrected chi connectivity index (χ0v) is 18.1. The summed E-state index contributed by atoms with van der Waals surface area (Å²) in [7, 11) is 0. The van der Waals surface area contributed by atoms with Gasteiger partial charge in [0.25, 0.3) is 5.89 Å². The molecule has 33 heavy (non-hydrogen) atoms. The Morgan fingerprint density at radius 1 is 0.970 bits per heavy atom. The standard InChI is InChI=1S/C25H24N6O2/c32-24(28-17-20-9-4-5-13-26-20)19-11-15-31(16-12-19)23-21(10-6-14-27-23)25-29-22(30-33-25)18-7-2-1-3-8-18/h1-10,13-14,19H,11-12,15-17H2,(H,28,32). The first-order valence-electron chi connectivity index (χ1n) is 11.0. The number of anilines is 1. The highest BCUT2D eigenvalue weighted by atomic mass is 16.5. The van der Waals surface area contributed by atoms with E-state index in [0.29, 0.717) is 18.3 Å². The summed E-state index contributed by atoms with van der Waals surface area (Å²) < 4.78 is 5.57. The van der Waals surface area contributed by atoms with Crippen LogP contribution in [0.3, 0.4) is 0 Å². The second kappa shape index (κ2) is 9.60. The van der Waals surface area contributed by atoms with E-state index in [2.05, 4.69) is 30.3 Å². The Morgan fingerprint density at radius 3 is 2.55 bits per heavy atom. The molecule has 0 radical (unpaired) electrons. The molecule has 0 atom stereocenters. The van der Waals surface area contributed by atoms with Gasteiger partial charge in [-0.05, 0) is 37.1 Å². The average molecular weight is 441 g/mol. The van der Waals surface area contributed by atoms with Crippen LogP contribution in [0.1, 0.15) is 18.5 Å². The second-order valence-electron chi connectivity index (χ2n) is 7.96. The monoisotopic (exact) mass is 440 g/mol. The lowest BCUT2D eigenvalue weighted by Crippen LogP contribution is -2.41. The molecule has 1 aliphatic heterocycles. The fraction of sp³-hybridized carbons (Fsp3) is 0.240. The van der Waals surface area contributed by atoms with Gasteiger partial charge in [0.05, 0.1) is 17.8 Å². The zero-order valence-electron chi connectivity index (χ0n) is 18.1. The first-order valence-corrected chi connectivity index (χ1v) is 11.0. The van der Waals surface area contributed by atoms with E-state index in [-0.39, 0.29) is 11.8 Å². The number of nitrogens with one attached hydrogen (secondary N) is 1. The van der Waals surface area contributed by atoms with Crippen LogP contribution in [0.4, 0.5) is 5.82 Å². The first-order chi connectivity index (χ1) is 16.3. The largest absolute Gasteiger partial charge is 0.356 e. The normalized spacial score (nSPS) is 14.2. The molecule has 5 rings (SSSR count). The van der Waals surface area contributed by atoms with Crippen molar-refractivity contribution in [1.82, 2.24) is 25.4 Å². The number of piperidine rings is 1. The molecule has 8 nitrogen and oxygen atoms in total. The minimum atomic E-state index is -0.0230. The Bertz CT molecular complexity index is 1200. The van der Waals surface area contributed by atoms with Crippen molar-refractivity contribution in [2.45, 2.75) is 19.4 Å². The second-order valence-corrected chi connectivity index (χ2v) is 7.96. The van der Waals surface area contributed by atoms with Crippen LogP contribution in [-0.4, -0.2) is 39.1 Å². The molecule has 1 fully saturated rings. The van der Waals surface area contributed by atoms with Crippen molar-refractivity contribution in [3.63, 3.8) is 0 Å². The fourth-order valence-corrected chi connectivity index (χ4v) is 4.03. The highest BCUT2D eigenvalue weighted by molar-refractivity contribution is 5.79. The van der Waals surface area contributed by atoms with E-state index >= 15 is 0 Å². The number of nitrogens with zero attached hydrogens (tertiary/aromatic N) is 5. The summed E-state index contributed by atoms with van der Waals surface area (Å²) in [4.78, 5) is 28.3. The molecule has 8 heteroatoms.